The van der Waals surface area contributed by atoms with Gasteiger partial charge in [0.1, 0.15) is 0 Å². The van der Waals surface area contributed by atoms with Crippen LogP contribution in [0, 0.1) is 24.7 Å². The van der Waals surface area contributed by atoms with Crippen LogP contribution in [0.15, 0.2) is 36.4 Å². The fourth-order valence-corrected chi connectivity index (χ4v) is 4.31. The predicted octanol–water partition coefficient (Wildman–Crippen LogP) is 2.86. The number of benzene rings is 1. The molecule has 2 aliphatic carbocycles. The van der Waals surface area contributed by atoms with Crippen LogP contribution in [0.4, 0.5) is 5.69 Å². The van der Waals surface area contributed by atoms with Crippen LogP contribution in [0.5, 0.6) is 0 Å². The van der Waals surface area contributed by atoms with Gasteiger partial charge >= 0.3 is 0 Å². The van der Waals surface area contributed by atoms with E-state index in [0.717, 1.165) is 32.6 Å². The van der Waals surface area contributed by atoms with Crippen molar-refractivity contribution in [2.75, 3.05) is 31.1 Å². The molecule has 1 amide bonds. The molecule has 3 heteroatoms. The maximum Gasteiger partial charge on any atom is 0.226 e. The van der Waals surface area contributed by atoms with E-state index in [9.17, 15) is 4.79 Å². The monoisotopic (exact) mass is 296 g/mol. The molecule has 3 atom stereocenters. The Morgan fingerprint density at radius 3 is 2.55 bits per heavy atom. The van der Waals surface area contributed by atoms with Crippen LogP contribution < -0.4 is 4.90 Å². The lowest BCUT2D eigenvalue weighted by Gasteiger charge is -2.38. The number of nitrogens with zero attached hydrogens (tertiary/aromatic N) is 2. The van der Waals surface area contributed by atoms with E-state index in [1.54, 1.807) is 0 Å². The number of amides is 1. The highest BCUT2D eigenvalue weighted by Crippen LogP contribution is 2.44. The second-order valence-electron chi connectivity index (χ2n) is 7.04. The van der Waals surface area contributed by atoms with Crippen LogP contribution in [0.1, 0.15) is 18.4 Å². The third-order valence-electron chi connectivity index (χ3n) is 5.55. The highest BCUT2D eigenvalue weighted by atomic mass is 16.2. The van der Waals surface area contributed by atoms with Crippen molar-refractivity contribution in [2.24, 2.45) is 17.8 Å². The number of rotatable bonds is 2. The van der Waals surface area contributed by atoms with Crippen LogP contribution in [-0.4, -0.2) is 37.0 Å². The zero-order valence-corrected chi connectivity index (χ0v) is 13.2. The first-order valence-corrected chi connectivity index (χ1v) is 8.49. The average Bonchev–Trinajstić information content (AvgIpc) is 3.17. The Morgan fingerprint density at radius 1 is 1.09 bits per heavy atom. The van der Waals surface area contributed by atoms with Gasteiger partial charge < -0.3 is 9.80 Å². The third-order valence-corrected chi connectivity index (χ3v) is 5.55. The van der Waals surface area contributed by atoms with E-state index in [1.807, 2.05) is 0 Å². The summed E-state index contributed by atoms with van der Waals surface area (Å²) in [6, 6.07) is 8.65. The summed E-state index contributed by atoms with van der Waals surface area (Å²) >= 11 is 0. The molecule has 0 spiro atoms. The lowest BCUT2D eigenvalue weighted by molar-refractivity contribution is -0.136. The van der Waals surface area contributed by atoms with E-state index in [0.29, 0.717) is 17.7 Å². The Morgan fingerprint density at radius 2 is 1.91 bits per heavy atom. The van der Waals surface area contributed by atoms with Gasteiger partial charge in [0.15, 0.2) is 0 Å². The number of fused-ring (bicyclic) bond motifs is 2. The number of carbonyl (C=O) groups is 1. The minimum absolute atomic E-state index is 0.264. The minimum atomic E-state index is 0.264. The van der Waals surface area contributed by atoms with Crippen molar-refractivity contribution < 1.29 is 4.79 Å². The molecule has 1 aromatic rings. The first-order chi connectivity index (χ1) is 10.7. The number of carbonyl (C=O) groups excluding carboxylic acids is 1. The molecule has 116 valence electrons. The number of anilines is 1. The summed E-state index contributed by atoms with van der Waals surface area (Å²) in [4.78, 5) is 17.3. The van der Waals surface area contributed by atoms with Gasteiger partial charge in [-0.2, -0.15) is 0 Å². The van der Waals surface area contributed by atoms with Crippen molar-refractivity contribution in [3.05, 3.63) is 42.0 Å². The van der Waals surface area contributed by atoms with Crippen molar-refractivity contribution in [3.8, 4) is 0 Å². The molecule has 1 aromatic carbocycles. The largest absolute Gasteiger partial charge is 0.368 e. The summed E-state index contributed by atoms with van der Waals surface area (Å²) in [5, 5.41) is 0. The summed E-state index contributed by atoms with van der Waals surface area (Å²) in [5.74, 6) is 1.86. The van der Waals surface area contributed by atoms with E-state index in [-0.39, 0.29) is 5.92 Å². The Balaban J connectivity index is 1.38. The zero-order chi connectivity index (χ0) is 15.1. The fraction of sp³-hybridized carbons (Fsp3) is 0.526. The molecule has 22 heavy (non-hydrogen) atoms. The molecular formula is C19H24N2O. The standard InChI is InChI=1S/C19H24N2O/c1-14-3-2-4-17(11-14)20-7-9-21(10-8-20)19(22)18-13-15-5-6-16(18)12-15/h2-6,11,15-16,18H,7-10,12-13H2,1H3/t15-,16-,18+/m0/s1. The normalized spacial score (nSPS) is 30.1. The molecule has 4 rings (SSSR count). The number of hydrogen-bond donors (Lipinski definition) is 0. The predicted molar refractivity (Wildman–Crippen MR) is 88.8 cm³/mol. The molecular weight excluding hydrogens is 272 g/mol. The van der Waals surface area contributed by atoms with E-state index in [2.05, 4.69) is 53.1 Å². The molecule has 1 saturated heterocycles. The highest BCUT2D eigenvalue weighted by Gasteiger charge is 2.41. The van der Waals surface area contributed by atoms with E-state index in [1.165, 1.54) is 17.7 Å². The SMILES string of the molecule is Cc1cccc(N2CCN(C(=O)[C@@H]3C[C@H]4C=C[C@H]3C4)CC2)c1. The Kier molecular flexibility index (Phi) is 3.44. The van der Waals surface area contributed by atoms with Crippen molar-refractivity contribution in [1.82, 2.24) is 4.90 Å². The quantitative estimate of drug-likeness (QED) is 0.784. The van der Waals surface area contributed by atoms with Crippen molar-refractivity contribution in [3.63, 3.8) is 0 Å². The molecule has 0 radical (unpaired) electrons. The molecule has 1 saturated carbocycles. The van der Waals surface area contributed by atoms with Crippen molar-refractivity contribution >= 4 is 11.6 Å². The molecule has 1 heterocycles. The van der Waals surface area contributed by atoms with Crippen LogP contribution >= 0.6 is 0 Å². The van der Waals surface area contributed by atoms with Crippen LogP contribution in [0.3, 0.4) is 0 Å². The van der Waals surface area contributed by atoms with Crippen molar-refractivity contribution in [2.45, 2.75) is 19.8 Å². The van der Waals surface area contributed by atoms with E-state index in [4.69, 9.17) is 0 Å². The number of allylic oxidation sites excluding steroid dienone is 2. The lowest BCUT2D eigenvalue weighted by Crippen LogP contribution is -2.50. The minimum Gasteiger partial charge on any atom is -0.368 e. The van der Waals surface area contributed by atoms with E-state index < -0.39 is 0 Å². The zero-order valence-electron chi connectivity index (χ0n) is 13.2. The number of aryl methyl sites for hydroxylation is 1. The molecule has 2 fully saturated rings. The van der Waals surface area contributed by atoms with Gasteiger partial charge in [0.2, 0.25) is 5.91 Å². The maximum atomic E-state index is 12.8. The summed E-state index contributed by atoms with van der Waals surface area (Å²) in [6.45, 7) is 5.76. The molecule has 0 unspecified atom stereocenters. The molecule has 2 bridgehead atoms. The molecule has 3 aliphatic rings. The van der Waals surface area contributed by atoms with Gasteiger partial charge in [0.25, 0.3) is 0 Å². The molecule has 1 aliphatic heterocycles. The van der Waals surface area contributed by atoms with E-state index >= 15 is 0 Å². The molecule has 3 nitrogen and oxygen atoms in total. The second-order valence-corrected chi connectivity index (χ2v) is 7.04. The van der Waals surface area contributed by atoms with Crippen LogP contribution in [0.25, 0.3) is 0 Å². The first kappa shape index (κ1) is 13.9. The Hall–Kier alpha value is -1.77. The number of hydrogen-bond acceptors (Lipinski definition) is 2. The summed E-state index contributed by atoms with van der Waals surface area (Å²) in [5.41, 5.74) is 2.58. The highest BCUT2D eigenvalue weighted by molar-refractivity contribution is 5.80. The second kappa shape index (κ2) is 5.45. The average molecular weight is 296 g/mol. The van der Waals surface area contributed by atoms with Crippen molar-refractivity contribution in [1.29, 1.82) is 0 Å². The van der Waals surface area contributed by atoms with Gasteiger partial charge in [-0.25, -0.2) is 0 Å². The summed E-state index contributed by atoms with van der Waals surface area (Å²) in [6.07, 6.45) is 6.88. The fourth-order valence-electron chi connectivity index (χ4n) is 4.31. The van der Waals surface area contributed by atoms with Gasteiger partial charge in [-0.3, -0.25) is 4.79 Å². The van der Waals surface area contributed by atoms with Crippen LogP contribution in [-0.2, 0) is 4.79 Å². The lowest BCUT2D eigenvalue weighted by atomic mass is 9.92. The number of piperazine rings is 1. The Bertz CT molecular complexity index is 601. The van der Waals surface area contributed by atoms with Gasteiger partial charge in [0.05, 0.1) is 0 Å². The maximum absolute atomic E-state index is 12.8. The molecule has 0 N–H and O–H groups in total. The van der Waals surface area contributed by atoms with Gasteiger partial charge in [0, 0.05) is 37.8 Å². The first-order valence-electron chi connectivity index (χ1n) is 8.49. The molecule has 0 aromatic heterocycles. The summed E-state index contributed by atoms with van der Waals surface area (Å²) in [7, 11) is 0. The third kappa shape index (κ3) is 2.43. The van der Waals surface area contributed by atoms with Gasteiger partial charge in [-0.05, 0) is 49.3 Å². The topological polar surface area (TPSA) is 23.6 Å². The van der Waals surface area contributed by atoms with Gasteiger partial charge in [-0.15, -0.1) is 0 Å². The Labute approximate surface area is 132 Å². The van der Waals surface area contributed by atoms with Gasteiger partial charge in [-0.1, -0.05) is 24.3 Å². The smallest absolute Gasteiger partial charge is 0.226 e. The summed E-state index contributed by atoms with van der Waals surface area (Å²) < 4.78 is 0. The van der Waals surface area contributed by atoms with Crippen LogP contribution in [0.2, 0.25) is 0 Å².